The minimum atomic E-state index is -0.638. The number of nitrogens with one attached hydrogen (secondary N) is 2. The van der Waals surface area contributed by atoms with Crippen molar-refractivity contribution in [2.45, 2.75) is 44.9 Å². The molecule has 0 unspecified atom stereocenters. The molecule has 0 spiro atoms. The van der Waals surface area contributed by atoms with E-state index in [4.69, 9.17) is 4.98 Å². The Kier molecular flexibility index (Phi) is 3.67. The summed E-state index contributed by atoms with van der Waals surface area (Å²) >= 11 is 1.44. The van der Waals surface area contributed by atoms with Crippen LogP contribution in [0.5, 0.6) is 0 Å². The Morgan fingerprint density at radius 1 is 1.27 bits per heavy atom. The fourth-order valence-corrected chi connectivity index (χ4v) is 3.80. The molecule has 26 heavy (non-hydrogen) atoms. The smallest absolute Gasteiger partial charge is 0.230 e. The molecule has 0 bridgehead atoms. The van der Waals surface area contributed by atoms with Crippen molar-refractivity contribution in [3.63, 3.8) is 0 Å². The van der Waals surface area contributed by atoms with Gasteiger partial charge in [-0.25, -0.2) is 9.97 Å². The molecule has 2 N–H and O–H groups in total. The van der Waals surface area contributed by atoms with Crippen molar-refractivity contribution in [1.82, 2.24) is 19.9 Å². The van der Waals surface area contributed by atoms with Gasteiger partial charge in [0.05, 0.1) is 28.4 Å². The van der Waals surface area contributed by atoms with E-state index in [1.807, 2.05) is 20.8 Å². The van der Waals surface area contributed by atoms with Crippen LogP contribution < -0.4 is 5.32 Å². The molecule has 130 valence electrons. The molecule has 3 heterocycles. The molecule has 4 rings (SSSR count). The van der Waals surface area contributed by atoms with E-state index in [-0.39, 0.29) is 0 Å². The first kappa shape index (κ1) is 16.5. The summed E-state index contributed by atoms with van der Waals surface area (Å²) in [6.45, 7) is 5.61. The number of aryl methyl sites for hydroxylation is 1. The topological polar surface area (TPSA) is 114 Å². The average Bonchev–Trinajstić information content (AvgIpc) is 3.29. The van der Waals surface area contributed by atoms with E-state index < -0.39 is 5.41 Å². The number of anilines is 2. The molecule has 7 nitrogen and oxygen atoms in total. The Morgan fingerprint density at radius 3 is 2.69 bits per heavy atom. The number of hydrogen-bond donors (Lipinski definition) is 2. The van der Waals surface area contributed by atoms with Crippen LogP contribution in [0.25, 0.3) is 11.0 Å². The van der Waals surface area contributed by atoms with Crippen molar-refractivity contribution in [3.05, 3.63) is 28.2 Å². The molecule has 3 aromatic heterocycles. The monoisotopic (exact) mass is 363 g/mol. The van der Waals surface area contributed by atoms with Crippen molar-refractivity contribution >= 4 is 33.3 Å². The van der Waals surface area contributed by atoms with Crippen LogP contribution in [0.2, 0.25) is 0 Å². The van der Waals surface area contributed by atoms with Gasteiger partial charge < -0.3 is 10.3 Å². The second kappa shape index (κ2) is 5.79. The highest BCUT2D eigenvalue weighted by molar-refractivity contribution is 7.16. The van der Waals surface area contributed by atoms with Gasteiger partial charge in [-0.2, -0.15) is 15.5 Å². The zero-order valence-corrected chi connectivity index (χ0v) is 15.5. The highest BCUT2D eigenvalue weighted by Gasteiger charge is 2.30. The SMILES string of the molecule is Cc1nc(C(C)(C)C#N)sc1Nc1nc(C2CC2)c2c(C#N)c[nH]c2n1. The largest absolute Gasteiger partial charge is 0.345 e. The molecule has 3 aromatic rings. The summed E-state index contributed by atoms with van der Waals surface area (Å²) in [7, 11) is 0. The third-order valence-electron chi connectivity index (χ3n) is 4.48. The molecule has 0 aliphatic heterocycles. The maximum atomic E-state index is 9.33. The average molecular weight is 363 g/mol. The number of H-pyrrole nitrogens is 1. The molecule has 0 aromatic carbocycles. The Hall–Kier alpha value is -2.97. The second-order valence-electron chi connectivity index (χ2n) is 7.04. The summed E-state index contributed by atoms with van der Waals surface area (Å²) in [4.78, 5) is 16.8. The van der Waals surface area contributed by atoms with E-state index in [0.29, 0.717) is 23.1 Å². The highest BCUT2D eigenvalue weighted by atomic mass is 32.1. The zero-order chi connectivity index (χ0) is 18.5. The van der Waals surface area contributed by atoms with Crippen molar-refractivity contribution in [2.24, 2.45) is 0 Å². The number of nitrogens with zero attached hydrogens (tertiary/aromatic N) is 5. The number of hydrogen-bond acceptors (Lipinski definition) is 7. The molecule has 1 saturated carbocycles. The van der Waals surface area contributed by atoms with Crippen molar-refractivity contribution in [3.8, 4) is 12.1 Å². The van der Waals surface area contributed by atoms with Gasteiger partial charge in [0, 0.05) is 12.1 Å². The summed E-state index contributed by atoms with van der Waals surface area (Å²) in [6.07, 6.45) is 3.85. The Morgan fingerprint density at radius 2 is 2.04 bits per heavy atom. The molecule has 0 saturated heterocycles. The van der Waals surface area contributed by atoms with E-state index in [9.17, 15) is 10.5 Å². The van der Waals surface area contributed by atoms with Gasteiger partial charge in [0.25, 0.3) is 0 Å². The Bertz CT molecular complexity index is 1090. The van der Waals surface area contributed by atoms with E-state index in [2.05, 4.69) is 32.4 Å². The predicted octanol–water partition coefficient (Wildman–Crippen LogP) is 4.02. The number of rotatable bonds is 4. The molecule has 0 amide bonds. The van der Waals surface area contributed by atoms with E-state index >= 15 is 0 Å². The first-order chi connectivity index (χ1) is 12.4. The fraction of sp³-hybridized carbons (Fsp3) is 0.389. The zero-order valence-electron chi connectivity index (χ0n) is 14.7. The van der Waals surface area contributed by atoms with Crippen molar-refractivity contribution in [2.75, 3.05) is 5.32 Å². The Balaban J connectivity index is 1.75. The van der Waals surface area contributed by atoms with E-state index in [0.717, 1.165) is 39.6 Å². The maximum absolute atomic E-state index is 9.33. The summed E-state index contributed by atoms with van der Waals surface area (Å²) in [5, 5.41) is 24.3. The minimum Gasteiger partial charge on any atom is -0.345 e. The van der Waals surface area contributed by atoms with Gasteiger partial charge in [-0.3, -0.25) is 0 Å². The molecular weight excluding hydrogens is 346 g/mol. The standard InChI is InChI=1S/C18H17N7S/c1-9-15(26-16(22-9)18(2,3)8-20)25-17-23-13(10-4-5-10)12-11(6-19)7-21-14(12)24-17/h7,10H,4-5H2,1-3H3,(H2,21,23,24,25). The number of nitriles is 2. The van der Waals surface area contributed by atoms with Gasteiger partial charge in [0.2, 0.25) is 5.95 Å². The molecule has 0 radical (unpaired) electrons. The van der Waals surface area contributed by atoms with E-state index in [1.54, 1.807) is 6.20 Å². The molecule has 1 aliphatic carbocycles. The first-order valence-electron chi connectivity index (χ1n) is 8.38. The van der Waals surface area contributed by atoms with Gasteiger partial charge in [-0.1, -0.05) is 11.3 Å². The van der Waals surface area contributed by atoms with Crippen LogP contribution in [0.4, 0.5) is 10.9 Å². The molecule has 1 fully saturated rings. The van der Waals surface area contributed by atoms with Gasteiger partial charge in [-0.15, -0.1) is 0 Å². The number of fused-ring (bicyclic) bond motifs is 1. The number of aromatic amines is 1. The summed E-state index contributed by atoms with van der Waals surface area (Å²) in [6, 6.07) is 4.49. The lowest BCUT2D eigenvalue weighted by atomic mass is 9.97. The van der Waals surface area contributed by atoms with Crippen LogP contribution in [0.3, 0.4) is 0 Å². The van der Waals surface area contributed by atoms with Gasteiger partial charge in [0.15, 0.2) is 0 Å². The van der Waals surface area contributed by atoms with Crippen LogP contribution in [-0.2, 0) is 5.41 Å². The Labute approximate surface area is 154 Å². The van der Waals surface area contributed by atoms with Gasteiger partial charge in [0.1, 0.15) is 27.1 Å². The van der Waals surface area contributed by atoms with Crippen LogP contribution in [0.1, 0.15) is 54.6 Å². The summed E-state index contributed by atoms with van der Waals surface area (Å²) in [5.41, 5.74) is 2.35. The number of thiazole rings is 1. The highest BCUT2D eigenvalue weighted by Crippen LogP contribution is 2.43. The lowest BCUT2D eigenvalue weighted by Crippen LogP contribution is -2.13. The van der Waals surface area contributed by atoms with Crippen molar-refractivity contribution in [1.29, 1.82) is 10.5 Å². The first-order valence-corrected chi connectivity index (χ1v) is 9.20. The lowest BCUT2D eigenvalue weighted by Gasteiger charge is -2.10. The minimum absolute atomic E-state index is 0.389. The number of aromatic nitrogens is 4. The molecule has 8 heteroatoms. The maximum Gasteiger partial charge on any atom is 0.230 e. The quantitative estimate of drug-likeness (QED) is 0.723. The fourth-order valence-electron chi connectivity index (χ4n) is 2.79. The van der Waals surface area contributed by atoms with Crippen LogP contribution in [0, 0.1) is 29.6 Å². The molecule has 0 atom stereocenters. The second-order valence-corrected chi connectivity index (χ2v) is 8.04. The van der Waals surface area contributed by atoms with E-state index in [1.165, 1.54) is 11.3 Å². The normalized spacial score (nSPS) is 14.2. The molecular formula is C18H17N7S. The third kappa shape index (κ3) is 2.69. The lowest BCUT2D eigenvalue weighted by molar-refractivity contribution is 0.678. The predicted molar refractivity (Wildman–Crippen MR) is 99.4 cm³/mol. The summed E-state index contributed by atoms with van der Waals surface area (Å²) in [5.74, 6) is 0.874. The van der Waals surface area contributed by atoms with Crippen LogP contribution >= 0.6 is 11.3 Å². The third-order valence-corrected chi connectivity index (χ3v) is 5.88. The van der Waals surface area contributed by atoms with Crippen molar-refractivity contribution < 1.29 is 0 Å². The van der Waals surface area contributed by atoms with Gasteiger partial charge in [-0.05, 0) is 33.6 Å². The van der Waals surface area contributed by atoms with Crippen LogP contribution in [0.15, 0.2) is 6.20 Å². The summed E-state index contributed by atoms with van der Waals surface area (Å²) < 4.78 is 0. The van der Waals surface area contributed by atoms with Crippen LogP contribution in [-0.4, -0.2) is 19.9 Å². The van der Waals surface area contributed by atoms with Gasteiger partial charge >= 0.3 is 0 Å². The molecule has 1 aliphatic rings.